The molecule has 19 heavy (non-hydrogen) atoms. The van der Waals surface area contributed by atoms with Crippen molar-refractivity contribution >= 4 is 22.0 Å². The van der Waals surface area contributed by atoms with Crippen molar-refractivity contribution in [2.45, 2.75) is 17.9 Å². The zero-order valence-electron chi connectivity index (χ0n) is 10.3. The first-order chi connectivity index (χ1) is 8.79. The van der Waals surface area contributed by atoms with Gasteiger partial charge >= 0.3 is 11.9 Å². The largest absolute Gasteiger partial charge is 0.480 e. The van der Waals surface area contributed by atoms with E-state index in [9.17, 15) is 18.0 Å². The fourth-order valence-corrected chi connectivity index (χ4v) is 2.72. The van der Waals surface area contributed by atoms with Crippen molar-refractivity contribution in [3.05, 3.63) is 29.8 Å². The molecule has 0 aliphatic heterocycles. The Hall–Kier alpha value is -1.93. The number of ether oxygens (including phenoxy) is 1. The summed E-state index contributed by atoms with van der Waals surface area (Å²) in [6.07, 6.45) is 0. The van der Waals surface area contributed by atoms with E-state index in [0.29, 0.717) is 0 Å². The highest BCUT2D eigenvalue weighted by molar-refractivity contribution is 7.89. The molecular formula is C11H13NO6S. The van der Waals surface area contributed by atoms with Crippen LogP contribution in [-0.2, 0) is 19.6 Å². The molecule has 1 rings (SSSR count). The van der Waals surface area contributed by atoms with Crippen LogP contribution in [0.5, 0.6) is 0 Å². The molecule has 0 saturated carbocycles. The molecule has 0 bridgehead atoms. The molecule has 1 aromatic rings. The lowest BCUT2D eigenvalue weighted by Gasteiger charge is -2.12. The number of sulfonamides is 1. The Balaban J connectivity index is 3.22. The number of hydrogen-bond acceptors (Lipinski definition) is 5. The van der Waals surface area contributed by atoms with Crippen LogP contribution in [0.2, 0.25) is 0 Å². The maximum Gasteiger partial charge on any atom is 0.339 e. The predicted molar refractivity (Wildman–Crippen MR) is 65.2 cm³/mol. The third kappa shape index (κ3) is 3.52. The number of aliphatic carboxylic acids is 1. The number of esters is 1. The lowest BCUT2D eigenvalue weighted by atomic mass is 10.2. The smallest absolute Gasteiger partial charge is 0.339 e. The Morgan fingerprint density at radius 1 is 1.32 bits per heavy atom. The molecule has 0 radical (unpaired) electrons. The Morgan fingerprint density at radius 2 is 1.89 bits per heavy atom. The molecule has 0 heterocycles. The van der Waals surface area contributed by atoms with E-state index in [2.05, 4.69) is 4.74 Å². The van der Waals surface area contributed by atoms with Crippen LogP contribution in [0.3, 0.4) is 0 Å². The van der Waals surface area contributed by atoms with Crippen LogP contribution in [0.4, 0.5) is 0 Å². The number of carboxylic acids is 1. The number of carbonyl (C=O) groups is 2. The number of benzene rings is 1. The van der Waals surface area contributed by atoms with Gasteiger partial charge in [-0.3, -0.25) is 4.79 Å². The molecule has 104 valence electrons. The van der Waals surface area contributed by atoms with E-state index in [4.69, 9.17) is 5.11 Å². The summed E-state index contributed by atoms with van der Waals surface area (Å²) in [6, 6.07) is 4.07. The molecule has 0 saturated heterocycles. The maximum atomic E-state index is 12.0. The fourth-order valence-electron chi connectivity index (χ4n) is 1.33. The molecule has 7 nitrogen and oxygen atoms in total. The van der Waals surface area contributed by atoms with E-state index < -0.39 is 28.0 Å². The molecule has 0 amide bonds. The van der Waals surface area contributed by atoms with Gasteiger partial charge in [-0.15, -0.1) is 0 Å². The highest BCUT2D eigenvalue weighted by atomic mass is 32.2. The third-order valence-corrected chi connectivity index (χ3v) is 3.88. The Bertz CT molecular complexity index is 595. The minimum atomic E-state index is -4.12. The zero-order valence-corrected chi connectivity index (χ0v) is 11.1. The second-order valence-corrected chi connectivity index (χ2v) is 5.35. The van der Waals surface area contributed by atoms with Gasteiger partial charge in [0, 0.05) is 0 Å². The molecule has 0 aromatic heterocycles. The molecule has 2 N–H and O–H groups in total. The first-order valence-electron chi connectivity index (χ1n) is 5.22. The van der Waals surface area contributed by atoms with Crippen molar-refractivity contribution in [2.75, 3.05) is 7.11 Å². The van der Waals surface area contributed by atoms with Gasteiger partial charge in [0.15, 0.2) is 0 Å². The van der Waals surface area contributed by atoms with Gasteiger partial charge in [0.25, 0.3) is 0 Å². The van der Waals surface area contributed by atoms with Crippen LogP contribution in [0.25, 0.3) is 0 Å². The first kappa shape index (κ1) is 15.1. The molecular weight excluding hydrogens is 274 g/mol. The Labute approximate surface area is 110 Å². The van der Waals surface area contributed by atoms with Crippen molar-refractivity contribution in [3.63, 3.8) is 0 Å². The average Bonchev–Trinajstić information content (AvgIpc) is 2.37. The summed E-state index contributed by atoms with van der Waals surface area (Å²) in [4.78, 5) is 21.8. The molecule has 1 unspecified atom stereocenters. The summed E-state index contributed by atoms with van der Waals surface area (Å²) in [6.45, 7) is 1.18. The maximum absolute atomic E-state index is 12.0. The number of carbonyl (C=O) groups excluding carboxylic acids is 1. The average molecular weight is 287 g/mol. The van der Waals surface area contributed by atoms with Crippen LogP contribution in [0.1, 0.15) is 17.3 Å². The van der Waals surface area contributed by atoms with E-state index in [1.165, 1.54) is 31.2 Å². The van der Waals surface area contributed by atoms with Gasteiger partial charge in [0.2, 0.25) is 10.0 Å². The standard InChI is InChI=1S/C11H13NO6S/c1-7(10(13)14)12-19(16,17)9-6-4-3-5-8(9)11(15)18-2/h3-7,12H,1-2H3,(H,13,14). The summed E-state index contributed by atoms with van der Waals surface area (Å²) in [7, 11) is -3.00. The monoisotopic (exact) mass is 287 g/mol. The minimum Gasteiger partial charge on any atom is -0.480 e. The topological polar surface area (TPSA) is 110 Å². The van der Waals surface area contributed by atoms with Crippen LogP contribution < -0.4 is 4.72 Å². The van der Waals surface area contributed by atoms with Crippen LogP contribution in [0.15, 0.2) is 29.2 Å². The van der Waals surface area contributed by atoms with Gasteiger partial charge < -0.3 is 9.84 Å². The van der Waals surface area contributed by atoms with Crippen molar-refractivity contribution < 1.29 is 27.9 Å². The van der Waals surface area contributed by atoms with Crippen molar-refractivity contribution in [1.82, 2.24) is 4.72 Å². The summed E-state index contributed by atoms with van der Waals surface area (Å²) < 4.78 is 30.4. The van der Waals surface area contributed by atoms with Gasteiger partial charge in [-0.2, -0.15) is 4.72 Å². The number of nitrogens with one attached hydrogen (secondary N) is 1. The summed E-state index contributed by atoms with van der Waals surface area (Å²) in [5, 5.41) is 8.70. The summed E-state index contributed by atoms with van der Waals surface area (Å²) in [5.74, 6) is -2.14. The van der Waals surface area contributed by atoms with E-state index in [1.54, 1.807) is 0 Å². The number of rotatable bonds is 5. The second kappa shape index (κ2) is 5.81. The normalized spacial score (nSPS) is 12.7. The van der Waals surface area contributed by atoms with Crippen molar-refractivity contribution in [3.8, 4) is 0 Å². The Kier molecular flexibility index (Phi) is 4.62. The predicted octanol–water partition coefficient (Wildman–Crippen LogP) is 0.225. The molecule has 1 atom stereocenters. The number of carboxylic acid groups (broad SMARTS) is 1. The number of hydrogen-bond donors (Lipinski definition) is 2. The lowest BCUT2D eigenvalue weighted by molar-refractivity contribution is -0.138. The van der Waals surface area contributed by atoms with Gasteiger partial charge in [0.1, 0.15) is 6.04 Å². The van der Waals surface area contributed by atoms with Gasteiger partial charge in [-0.05, 0) is 19.1 Å². The van der Waals surface area contributed by atoms with E-state index >= 15 is 0 Å². The minimum absolute atomic E-state index is 0.157. The highest BCUT2D eigenvalue weighted by Gasteiger charge is 2.26. The van der Waals surface area contributed by atoms with Crippen LogP contribution in [-0.4, -0.2) is 38.6 Å². The van der Waals surface area contributed by atoms with E-state index in [1.807, 2.05) is 4.72 Å². The van der Waals surface area contributed by atoms with Crippen molar-refractivity contribution in [1.29, 1.82) is 0 Å². The van der Waals surface area contributed by atoms with E-state index in [0.717, 1.165) is 7.11 Å². The Morgan fingerprint density at radius 3 is 2.42 bits per heavy atom. The summed E-state index contributed by atoms with van der Waals surface area (Å²) in [5.41, 5.74) is -0.157. The van der Waals surface area contributed by atoms with Crippen LogP contribution in [0, 0.1) is 0 Å². The molecule has 0 aliphatic carbocycles. The molecule has 0 spiro atoms. The van der Waals surface area contributed by atoms with Crippen LogP contribution >= 0.6 is 0 Å². The molecule has 0 fully saturated rings. The zero-order chi connectivity index (χ0) is 14.6. The molecule has 8 heteroatoms. The number of methoxy groups -OCH3 is 1. The SMILES string of the molecule is COC(=O)c1ccccc1S(=O)(=O)NC(C)C(=O)O. The second-order valence-electron chi connectivity index (χ2n) is 3.67. The van der Waals surface area contributed by atoms with Gasteiger partial charge in [0.05, 0.1) is 17.6 Å². The fraction of sp³-hybridized carbons (Fsp3) is 0.273. The quantitative estimate of drug-likeness (QED) is 0.750. The highest BCUT2D eigenvalue weighted by Crippen LogP contribution is 2.16. The summed E-state index contributed by atoms with van der Waals surface area (Å²) >= 11 is 0. The van der Waals surface area contributed by atoms with Crippen molar-refractivity contribution in [2.24, 2.45) is 0 Å². The van der Waals surface area contributed by atoms with Gasteiger partial charge in [-0.1, -0.05) is 12.1 Å². The third-order valence-electron chi connectivity index (χ3n) is 2.28. The van der Waals surface area contributed by atoms with E-state index in [-0.39, 0.29) is 10.5 Å². The molecule has 1 aromatic carbocycles. The first-order valence-corrected chi connectivity index (χ1v) is 6.70. The lowest BCUT2D eigenvalue weighted by Crippen LogP contribution is -2.38. The molecule has 0 aliphatic rings. The van der Waals surface area contributed by atoms with Gasteiger partial charge in [-0.25, -0.2) is 13.2 Å².